The first-order valence-electron chi connectivity index (χ1n) is 11.8. The standard InChI is InChI=1S/C25H32N6O/c1-32-23-15-9-8-14-22(23)29-16-18-30(19-17-29)24(20-10-4-2-5-11-20)25-26-27-28-31(25)21-12-6-3-7-13-21/h2,4-5,8-11,14-15,21,24H,3,6-7,12-13,16-19H2,1H3. The van der Waals surface area contributed by atoms with E-state index in [1.54, 1.807) is 7.11 Å². The molecule has 7 heteroatoms. The lowest BCUT2D eigenvalue weighted by Gasteiger charge is -2.40. The van der Waals surface area contributed by atoms with E-state index in [1.165, 1.54) is 37.7 Å². The van der Waals surface area contributed by atoms with Crippen molar-refractivity contribution >= 4 is 5.69 Å². The smallest absolute Gasteiger partial charge is 0.173 e. The summed E-state index contributed by atoms with van der Waals surface area (Å²) in [6.45, 7) is 3.76. The van der Waals surface area contributed by atoms with E-state index in [4.69, 9.17) is 4.74 Å². The zero-order valence-electron chi connectivity index (χ0n) is 18.8. The number of para-hydroxylation sites is 2. The summed E-state index contributed by atoms with van der Waals surface area (Å²) < 4.78 is 7.73. The van der Waals surface area contributed by atoms with Crippen LogP contribution in [0.15, 0.2) is 54.6 Å². The second-order valence-corrected chi connectivity index (χ2v) is 8.78. The lowest BCUT2D eigenvalue weighted by Crippen LogP contribution is -2.48. The third kappa shape index (κ3) is 4.21. The van der Waals surface area contributed by atoms with E-state index in [-0.39, 0.29) is 6.04 Å². The van der Waals surface area contributed by atoms with Crippen LogP contribution in [-0.4, -0.2) is 58.4 Å². The maximum absolute atomic E-state index is 5.60. The highest BCUT2D eigenvalue weighted by atomic mass is 16.5. The molecule has 0 amide bonds. The number of tetrazole rings is 1. The van der Waals surface area contributed by atoms with E-state index in [0.717, 1.165) is 43.4 Å². The molecule has 2 fully saturated rings. The van der Waals surface area contributed by atoms with Crippen molar-refractivity contribution < 1.29 is 4.74 Å². The second-order valence-electron chi connectivity index (χ2n) is 8.78. The maximum Gasteiger partial charge on any atom is 0.173 e. The number of benzene rings is 2. The number of aromatic nitrogens is 4. The van der Waals surface area contributed by atoms with Gasteiger partial charge in [-0.25, -0.2) is 4.68 Å². The number of ether oxygens (including phenoxy) is 1. The van der Waals surface area contributed by atoms with Crippen molar-refractivity contribution in [1.29, 1.82) is 0 Å². The molecule has 168 valence electrons. The molecule has 0 N–H and O–H groups in total. The van der Waals surface area contributed by atoms with Crippen LogP contribution in [0.4, 0.5) is 5.69 Å². The fourth-order valence-corrected chi connectivity index (χ4v) is 5.24. The molecular weight excluding hydrogens is 400 g/mol. The minimum absolute atomic E-state index is 0.0629. The van der Waals surface area contributed by atoms with Crippen LogP contribution in [0.5, 0.6) is 5.75 Å². The van der Waals surface area contributed by atoms with Crippen LogP contribution in [0.1, 0.15) is 55.6 Å². The number of hydrogen-bond donors (Lipinski definition) is 0. The molecular formula is C25H32N6O. The summed E-state index contributed by atoms with van der Waals surface area (Å²) in [7, 11) is 1.74. The lowest BCUT2D eigenvalue weighted by atomic mass is 9.95. The van der Waals surface area contributed by atoms with Gasteiger partial charge in [-0.15, -0.1) is 5.10 Å². The SMILES string of the molecule is COc1ccccc1N1CCN(C(c2ccccc2)c2nnnn2C2CCCCC2)CC1. The number of methoxy groups -OCH3 is 1. The largest absolute Gasteiger partial charge is 0.495 e. The van der Waals surface area contributed by atoms with Gasteiger partial charge in [-0.05, 0) is 41.0 Å². The highest BCUT2D eigenvalue weighted by molar-refractivity contribution is 5.58. The predicted molar refractivity (Wildman–Crippen MR) is 125 cm³/mol. The van der Waals surface area contributed by atoms with E-state index in [2.05, 4.69) is 72.5 Å². The minimum Gasteiger partial charge on any atom is -0.495 e. The molecule has 2 heterocycles. The Balaban J connectivity index is 1.41. The number of anilines is 1. The third-order valence-electron chi connectivity index (χ3n) is 6.90. The fraction of sp³-hybridized carbons (Fsp3) is 0.480. The van der Waals surface area contributed by atoms with E-state index in [1.807, 2.05) is 12.1 Å². The highest BCUT2D eigenvalue weighted by Crippen LogP contribution is 2.35. The summed E-state index contributed by atoms with van der Waals surface area (Å²) in [5, 5.41) is 13.2. The minimum atomic E-state index is 0.0629. The maximum atomic E-state index is 5.60. The van der Waals surface area contributed by atoms with Crippen LogP contribution in [0.25, 0.3) is 0 Å². The van der Waals surface area contributed by atoms with Gasteiger partial charge in [0.2, 0.25) is 0 Å². The second kappa shape index (κ2) is 9.69. The topological polar surface area (TPSA) is 59.3 Å². The first-order valence-corrected chi connectivity index (χ1v) is 11.8. The molecule has 0 bridgehead atoms. The Morgan fingerprint density at radius 3 is 2.34 bits per heavy atom. The van der Waals surface area contributed by atoms with E-state index in [9.17, 15) is 0 Å². The van der Waals surface area contributed by atoms with Gasteiger partial charge in [0.15, 0.2) is 5.82 Å². The number of hydrogen-bond acceptors (Lipinski definition) is 6. The van der Waals surface area contributed by atoms with Crippen LogP contribution in [0.2, 0.25) is 0 Å². The zero-order valence-corrected chi connectivity index (χ0v) is 18.8. The molecule has 1 aromatic heterocycles. The van der Waals surface area contributed by atoms with Gasteiger partial charge in [0.1, 0.15) is 5.75 Å². The fourth-order valence-electron chi connectivity index (χ4n) is 5.24. The highest BCUT2D eigenvalue weighted by Gasteiger charge is 2.33. The van der Waals surface area contributed by atoms with Crippen molar-refractivity contribution in [2.75, 3.05) is 38.2 Å². The van der Waals surface area contributed by atoms with E-state index < -0.39 is 0 Å². The summed E-state index contributed by atoms with van der Waals surface area (Å²) in [6.07, 6.45) is 6.18. The quantitative estimate of drug-likeness (QED) is 0.585. The molecule has 1 saturated carbocycles. The molecule has 2 aliphatic rings. The van der Waals surface area contributed by atoms with Crippen LogP contribution >= 0.6 is 0 Å². The Hall–Kier alpha value is -2.93. The summed E-state index contributed by atoms with van der Waals surface area (Å²) in [5.74, 6) is 1.91. The molecule has 0 spiro atoms. The number of nitrogens with zero attached hydrogens (tertiary/aromatic N) is 6. The Bertz CT molecular complexity index is 992. The number of piperazine rings is 1. The average molecular weight is 433 g/mol. The Morgan fingerprint density at radius 1 is 0.875 bits per heavy atom. The molecule has 1 atom stereocenters. The summed E-state index contributed by atoms with van der Waals surface area (Å²) in [5.41, 5.74) is 2.42. The number of rotatable bonds is 6. The van der Waals surface area contributed by atoms with Gasteiger partial charge in [-0.3, -0.25) is 4.90 Å². The van der Waals surface area contributed by atoms with Crippen LogP contribution in [0.3, 0.4) is 0 Å². The lowest BCUT2D eigenvalue weighted by molar-refractivity contribution is 0.193. The van der Waals surface area contributed by atoms with Crippen LogP contribution < -0.4 is 9.64 Å². The van der Waals surface area contributed by atoms with Gasteiger partial charge in [-0.2, -0.15) is 0 Å². The molecule has 1 unspecified atom stereocenters. The summed E-state index contributed by atoms with van der Waals surface area (Å²) >= 11 is 0. The predicted octanol–water partition coefficient (Wildman–Crippen LogP) is 4.10. The van der Waals surface area contributed by atoms with Gasteiger partial charge in [-0.1, -0.05) is 61.7 Å². The molecule has 1 aliphatic carbocycles. The third-order valence-corrected chi connectivity index (χ3v) is 6.90. The molecule has 3 aromatic rings. The van der Waals surface area contributed by atoms with Crippen molar-refractivity contribution in [3.8, 4) is 5.75 Å². The molecule has 5 rings (SSSR count). The van der Waals surface area contributed by atoms with Crippen molar-refractivity contribution in [2.24, 2.45) is 0 Å². The Labute approximate surface area is 190 Å². The molecule has 32 heavy (non-hydrogen) atoms. The Kier molecular flexibility index (Phi) is 6.34. The van der Waals surface area contributed by atoms with Crippen molar-refractivity contribution in [3.63, 3.8) is 0 Å². The van der Waals surface area contributed by atoms with Crippen LogP contribution in [0, 0.1) is 0 Å². The van der Waals surface area contributed by atoms with Crippen LogP contribution in [-0.2, 0) is 0 Å². The van der Waals surface area contributed by atoms with Gasteiger partial charge >= 0.3 is 0 Å². The van der Waals surface area contributed by atoms with Gasteiger partial charge in [0.25, 0.3) is 0 Å². The summed E-state index contributed by atoms with van der Waals surface area (Å²) in [4.78, 5) is 4.95. The molecule has 7 nitrogen and oxygen atoms in total. The molecule has 0 radical (unpaired) electrons. The average Bonchev–Trinajstić information content (AvgIpc) is 3.35. The van der Waals surface area contributed by atoms with Gasteiger partial charge < -0.3 is 9.64 Å². The van der Waals surface area contributed by atoms with E-state index in [0.29, 0.717) is 6.04 Å². The molecule has 2 aromatic carbocycles. The summed E-state index contributed by atoms with van der Waals surface area (Å²) in [6, 6.07) is 19.5. The molecule has 1 aliphatic heterocycles. The van der Waals surface area contributed by atoms with Gasteiger partial charge in [0.05, 0.1) is 24.9 Å². The van der Waals surface area contributed by atoms with Crippen molar-refractivity contribution in [3.05, 3.63) is 66.0 Å². The monoisotopic (exact) mass is 432 g/mol. The zero-order chi connectivity index (χ0) is 21.8. The van der Waals surface area contributed by atoms with Crippen molar-refractivity contribution in [1.82, 2.24) is 25.1 Å². The van der Waals surface area contributed by atoms with Crippen molar-refractivity contribution in [2.45, 2.75) is 44.2 Å². The first kappa shape index (κ1) is 20.9. The van der Waals surface area contributed by atoms with E-state index >= 15 is 0 Å². The first-order chi connectivity index (χ1) is 15.8. The Morgan fingerprint density at radius 2 is 1.59 bits per heavy atom. The molecule has 1 saturated heterocycles. The van der Waals surface area contributed by atoms with Gasteiger partial charge in [0, 0.05) is 26.2 Å². The normalized spacial score (nSPS) is 19.1.